The van der Waals surface area contributed by atoms with Gasteiger partial charge in [0.15, 0.2) is 0 Å². The molecular weight excluding hydrogens is 132 g/mol. The van der Waals surface area contributed by atoms with Crippen LogP contribution in [0.2, 0.25) is 0 Å². The molecule has 9 heavy (non-hydrogen) atoms. The molecule has 2 nitrogen and oxygen atoms in total. The van der Waals surface area contributed by atoms with Crippen molar-refractivity contribution in [3.8, 4) is 0 Å². The Morgan fingerprint density at radius 3 is 3.11 bits per heavy atom. The van der Waals surface area contributed by atoms with E-state index >= 15 is 0 Å². The second-order valence-electron chi connectivity index (χ2n) is 1.85. The molecule has 0 radical (unpaired) electrons. The Bertz CT molecular complexity index is 131. The third-order valence-corrected chi connectivity index (χ3v) is 1.34. The first-order chi connectivity index (χ1) is 4.43. The molecule has 0 amide bonds. The Morgan fingerprint density at radius 1 is 1.67 bits per heavy atom. The standard InChI is InChI=1S/C6H10N2S/c9-5-4-8-3-1-2-7-6-8/h1-3,9H,4-6H2. The lowest BCUT2D eigenvalue weighted by molar-refractivity contribution is 0.411. The van der Waals surface area contributed by atoms with E-state index in [4.69, 9.17) is 0 Å². The van der Waals surface area contributed by atoms with Gasteiger partial charge in [0.1, 0.15) is 6.67 Å². The van der Waals surface area contributed by atoms with Gasteiger partial charge in [-0.05, 0) is 6.08 Å². The van der Waals surface area contributed by atoms with E-state index in [1.54, 1.807) is 0 Å². The van der Waals surface area contributed by atoms with Crippen LogP contribution >= 0.6 is 12.6 Å². The summed E-state index contributed by atoms with van der Waals surface area (Å²) in [7, 11) is 0. The van der Waals surface area contributed by atoms with Gasteiger partial charge in [-0.1, -0.05) is 0 Å². The van der Waals surface area contributed by atoms with Gasteiger partial charge in [0.25, 0.3) is 0 Å². The third-order valence-electron chi connectivity index (χ3n) is 1.14. The van der Waals surface area contributed by atoms with Crippen LogP contribution in [0.4, 0.5) is 0 Å². The van der Waals surface area contributed by atoms with Crippen LogP contribution in [0.25, 0.3) is 0 Å². The molecule has 0 aliphatic carbocycles. The molecule has 0 atom stereocenters. The number of allylic oxidation sites excluding steroid dienone is 1. The van der Waals surface area contributed by atoms with Gasteiger partial charge < -0.3 is 4.90 Å². The molecule has 1 rings (SSSR count). The van der Waals surface area contributed by atoms with Crippen LogP contribution in [0.3, 0.4) is 0 Å². The van der Waals surface area contributed by atoms with Crippen LogP contribution in [-0.4, -0.2) is 30.1 Å². The maximum Gasteiger partial charge on any atom is 0.109 e. The van der Waals surface area contributed by atoms with Crippen molar-refractivity contribution in [2.75, 3.05) is 19.0 Å². The smallest absolute Gasteiger partial charge is 0.109 e. The van der Waals surface area contributed by atoms with E-state index in [0.717, 1.165) is 19.0 Å². The maximum absolute atomic E-state index is 4.10. The first-order valence-corrected chi connectivity index (χ1v) is 3.58. The summed E-state index contributed by atoms with van der Waals surface area (Å²) >= 11 is 4.10. The summed E-state index contributed by atoms with van der Waals surface area (Å²) < 4.78 is 0. The lowest BCUT2D eigenvalue weighted by Gasteiger charge is -2.17. The maximum atomic E-state index is 4.10. The quantitative estimate of drug-likeness (QED) is 0.563. The molecule has 3 heteroatoms. The van der Waals surface area contributed by atoms with Gasteiger partial charge in [0.05, 0.1) is 0 Å². The molecule has 0 saturated heterocycles. The van der Waals surface area contributed by atoms with Crippen molar-refractivity contribution < 1.29 is 0 Å². The van der Waals surface area contributed by atoms with Crippen LogP contribution in [0.5, 0.6) is 0 Å². The summed E-state index contributed by atoms with van der Waals surface area (Å²) in [4.78, 5) is 6.18. The molecule has 1 heterocycles. The molecule has 0 saturated carbocycles. The summed E-state index contributed by atoms with van der Waals surface area (Å²) in [5, 5.41) is 0. The predicted octanol–water partition coefficient (Wildman–Crippen LogP) is 0.774. The average molecular weight is 142 g/mol. The largest absolute Gasteiger partial charge is 0.358 e. The summed E-state index contributed by atoms with van der Waals surface area (Å²) in [6, 6.07) is 0. The van der Waals surface area contributed by atoms with Crippen LogP contribution < -0.4 is 0 Å². The number of hydrogen-bond donors (Lipinski definition) is 1. The molecule has 1 aliphatic rings. The van der Waals surface area contributed by atoms with Crippen molar-refractivity contribution in [1.29, 1.82) is 0 Å². The highest BCUT2D eigenvalue weighted by Crippen LogP contribution is 1.94. The fourth-order valence-electron chi connectivity index (χ4n) is 0.694. The van der Waals surface area contributed by atoms with Crippen LogP contribution in [-0.2, 0) is 0 Å². The van der Waals surface area contributed by atoms with E-state index in [0.29, 0.717) is 0 Å². The molecule has 0 fully saturated rings. The van der Waals surface area contributed by atoms with Crippen LogP contribution in [0, 0.1) is 0 Å². The zero-order valence-electron chi connectivity index (χ0n) is 5.20. The highest BCUT2D eigenvalue weighted by atomic mass is 32.1. The minimum atomic E-state index is 0.789. The van der Waals surface area contributed by atoms with Gasteiger partial charge in [-0.2, -0.15) is 12.6 Å². The molecule has 0 aromatic carbocycles. The van der Waals surface area contributed by atoms with Gasteiger partial charge in [-0.15, -0.1) is 0 Å². The fraction of sp³-hybridized carbons (Fsp3) is 0.500. The molecule has 0 aromatic rings. The second kappa shape index (κ2) is 3.56. The molecule has 1 aliphatic heterocycles. The Morgan fingerprint density at radius 2 is 2.56 bits per heavy atom. The van der Waals surface area contributed by atoms with Crippen molar-refractivity contribution in [3.05, 3.63) is 12.3 Å². The Labute approximate surface area is 60.7 Å². The molecule has 0 unspecified atom stereocenters. The summed E-state index contributed by atoms with van der Waals surface area (Å²) in [6.07, 6.45) is 5.78. The molecule has 50 valence electrons. The van der Waals surface area contributed by atoms with Crippen LogP contribution in [0.15, 0.2) is 17.3 Å². The highest BCUT2D eigenvalue weighted by molar-refractivity contribution is 7.80. The third kappa shape index (κ3) is 2.10. The van der Waals surface area contributed by atoms with E-state index in [1.807, 2.05) is 18.5 Å². The summed E-state index contributed by atoms with van der Waals surface area (Å²) in [5.74, 6) is 0.889. The van der Waals surface area contributed by atoms with E-state index in [9.17, 15) is 0 Å². The fourth-order valence-corrected chi connectivity index (χ4v) is 0.951. The minimum absolute atomic E-state index is 0.789. The first kappa shape index (κ1) is 6.68. The van der Waals surface area contributed by atoms with Gasteiger partial charge in [-0.25, -0.2) is 0 Å². The molecule has 0 N–H and O–H groups in total. The van der Waals surface area contributed by atoms with Gasteiger partial charge in [-0.3, -0.25) is 4.99 Å². The van der Waals surface area contributed by atoms with E-state index in [2.05, 4.69) is 22.5 Å². The van der Waals surface area contributed by atoms with Gasteiger partial charge in [0.2, 0.25) is 0 Å². The number of aliphatic imine (C=N–C) groups is 1. The lowest BCUT2D eigenvalue weighted by Crippen LogP contribution is -2.21. The van der Waals surface area contributed by atoms with Crippen molar-refractivity contribution in [2.45, 2.75) is 0 Å². The molecule has 0 spiro atoms. The number of rotatable bonds is 2. The average Bonchev–Trinajstić information content (AvgIpc) is 1.91. The minimum Gasteiger partial charge on any atom is -0.358 e. The molecular formula is C6H10N2S. The normalized spacial score (nSPS) is 16.8. The van der Waals surface area contributed by atoms with E-state index in [-0.39, 0.29) is 0 Å². The lowest BCUT2D eigenvalue weighted by atomic mass is 10.5. The van der Waals surface area contributed by atoms with Crippen molar-refractivity contribution in [2.24, 2.45) is 4.99 Å². The summed E-state index contributed by atoms with van der Waals surface area (Å²) in [6.45, 7) is 1.77. The number of nitrogens with zero attached hydrogens (tertiary/aromatic N) is 2. The SMILES string of the molecule is SCCN1C=CC=NC1. The topological polar surface area (TPSA) is 15.6 Å². The van der Waals surface area contributed by atoms with E-state index in [1.165, 1.54) is 0 Å². The van der Waals surface area contributed by atoms with Crippen molar-refractivity contribution >= 4 is 18.8 Å². The van der Waals surface area contributed by atoms with Crippen molar-refractivity contribution in [1.82, 2.24) is 4.90 Å². The van der Waals surface area contributed by atoms with Crippen molar-refractivity contribution in [3.63, 3.8) is 0 Å². The Kier molecular flexibility index (Phi) is 2.64. The van der Waals surface area contributed by atoms with Crippen LogP contribution in [0.1, 0.15) is 0 Å². The zero-order chi connectivity index (χ0) is 6.53. The number of thiol groups is 1. The molecule has 0 bridgehead atoms. The van der Waals surface area contributed by atoms with Gasteiger partial charge in [0, 0.05) is 24.7 Å². The second-order valence-corrected chi connectivity index (χ2v) is 2.30. The Balaban J connectivity index is 2.28. The first-order valence-electron chi connectivity index (χ1n) is 2.95. The monoisotopic (exact) mass is 142 g/mol. The summed E-state index contributed by atoms with van der Waals surface area (Å²) in [5.41, 5.74) is 0. The Hall–Kier alpha value is -0.440. The number of hydrogen-bond acceptors (Lipinski definition) is 3. The molecule has 0 aromatic heterocycles. The highest BCUT2D eigenvalue weighted by Gasteiger charge is 1.95. The zero-order valence-corrected chi connectivity index (χ0v) is 6.09. The van der Waals surface area contributed by atoms with Gasteiger partial charge >= 0.3 is 0 Å². The van der Waals surface area contributed by atoms with E-state index < -0.39 is 0 Å². The predicted molar refractivity (Wildman–Crippen MR) is 43.1 cm³/mol.